The van der Waals surface area contributed by atoms with Gasteiger partial charge in [0.15, 0.2) is 0 Å². The third kappa shape index (κ3) is 2.72. The van der Waals surface area contributed by atoms with Crippen LogP contribution in [0.1, 0.15) is 32.7 Å². The lowest BCUT2D eigenvalue weighted by atomic mass is 10.1. The van der Waals surface area contributed by atoms with Crippen molar-refractivity contribution in [3.63, 3.8) is 0 Å². The Hall–Kier alpha value is -2.63. The Balaban J connectivity index is 2.51. The average Bonchev–Trinajstić information content (AvgIpc) is 2.45. The fraction of sp³-hybridized carbons (Fsp3) is 0.312. The second kappa shape index (κ2) is 6.01. The Morgan fingerprint density at radius 3 is 2.59 bits per heavy atom. The minimum absolute atomic E-state index is 0.196. The number of nitrogens with zero attached hydrogens (tertiary/aromatic N) is 2. The molecule has 2 aromatic heterocycles. The maximum Gasteiger partial charge on any atom is 0.341 e. The number of pyridine rings is 2. The minimum Gasteiger partial charge on any atom is -0.496 e. The molecule has 1 N–H and O–H groups in total. The van der Waals surface area contributed by atoms with Crippen LogP contribution in [0, 0.1) is 20.8 Å². The standard InChI is InChI=1S/C16H18N2O4/c1-9-5-6-18(15(19)13(9)16(20)21)8-12-11(3)14(22-4)10(2)7-17-12/h5-7H,8H2,1-4H3,(H,20,21). The van der Waals surface area contributed by atoms with E-state index in [1.807, 2.05) is 13.8 Å². The molecule has 0 aliphatic carbocycles. The number of hydrogen-bond acceptors (Lipinski definition) is 4. The van der Waals surface area contributed by atoms with Gasteiger partial charge in [-0.15, -0.1) is 0 Å². The highest BCUT2D eigenvalue weighted by Crippen LogP contribution is 2.24. The topological polar surface area (TPSA) is 81.4 Å². The van der Waals surface area contributed by atoms with E-state index < -0.39 is 11.5 Å². The van der Waals surface area contributed by atoms with E-state index in [0.717, 1.165) is 16.9 Å². The number of aromatic carboxylic acids is 1. The number of hydrogen-bond donors (Lipinski definition) is 1. The smallest absolute Gasteiger partial charge is 0.341 e. The van der Waals surface area contributed by atoms with Gasteiger partial charge in [0.2, 0.25) is 0 Å². The summed E-state index contributed by atoms with van der Waals surface area (Å²) in [5.41, 5.74) is 2.12. The first-order valence-corrected chi connectivity index (χ1v) is 6.79. The normalized spacial score (nSPS) is 10.5. The van der Waals surface area contributed by atoms with Gasteiger partial charge >= 0.3 is 5.97 Å². The first-order chi connectivity index (χ1) is 10.4. The quantitative estimate of drug-likeness (QED) is 0.933. The third-order valence-electron chi connectivity index (χ3n) is 3.66. The maximum absolute atomic E-state index is 12.3. The molecule has 0 amide bonds. The van der Waals surface area contributed by atoms with Gasteiger partial charge in [0, 0.05) is 23.5 Å². The van der Waals surface area contributed by atoms with Crippen molar-refractivity contribution in [2.75, 3.05) is 7.11 Å². The Bertz CT molecular complexity index is 793. The Morgan fingerprint density at radius 1 is 1.32 bits per heavy atom. The van der Waals surface area contributed by atoms with Crippen LogP contribution in [0.4, 0.5) is 0 Å². The number of carboxylic acids is 1. The lowest BCUT2D eigenvalue weighted by Crippen LogP contribution is -2.28. The summed E-state index contributed by atoms with van der Waals surface area (Å²) >= 11 is 0. The molecule has 116 valence electrons. The number of carboxylic acid groups (broad SMARTS) is 1. The predicted octanol–water partition coefficient (Wildman–Crippen LogP) is 1.92. The van der Waals surface area contributed by atoms with Gasteiger partial charge in [-0.1, -0.05) is 0 Å². The molecule has 2 aromatic rings. The first-order valence-electron chi connectivity index (χ1n) is 6.79. The van der Waals surface area contributed by atoms with Crippen molar-refractivity contribution in [2.45, 2.75) is 27.3 Å². The molecule has 0 aliphatic rings. The van der Waals surface area contributed by atoms with Crippen LogP contribution in [0.15, 0.2) is 23.3 Å². The van der Waals surface area contributed by atoms with Crippen molar-refractivity contribution in [1.82, 2.24) is 9.55 Å². The fourth-order valence-electron chi connectivity index (χ4n) is 2.44. The van der Waals surface area contributed by atoms with Crippen molar-refractivity contribution >= 4 is 5.97 Å². The molecule has 6 nitrogen and oxygen atoms in total. The van der Waals surface area contributed by atoms with Gasteiger partial charge in [-0.3, -0.25) is 9.78 Å². The lowest BCUT2D eigenvalue weighted by Gasteiger charge is -2.14. The number of methoxy groups -OCH3 is 1. The van der Waals surface area contributed by atoms with E-state index in [1.54, 1.807) is 32.5 Å². The summed E-state index contributed by atoms with van der Waals surface area (Å²) in [4.78, 5) is 27.8. The Morgan fingerprint density at radius 2 is 2.00 bits per heavy atom. The zero-order valence-electron chi connectivity index (χ0n) is 13.0. The second-order valence-electron chi connectivity index (χ2n) is 5.16. The van der Waals surface area contributed by atoms with Gasteiger partial charge in [-0.25, -0.2) is 4.79 Å². The number of carbonyl (C=O) groups is 1. The summed E-state index contributed by atoms with van der Waals surface area (Å²) in [7, 11) is 1.58. The van der Waals surface area contributed by atoms with Crippen molar-refractivity contribution in [3.05, 3.63) is 56.8 Å². The van der Waals surface area contributed by atoms with Crippen LogP contribution in [-0.4, -0.2) is 27.7 Å². The zero-order chi connectivity index (χ0) is 16.4. The van der Waals surface area contributed by atoms with E-state index in [0.29, 0.717) is 11.3 Å². The molecule has 6 heteroatoms. The van der Waals surface area contributed by atoms with E-state index in [9.17, 15) is 9.59 Å². The molecule has 2 heterocycles. The Kier molecular flexibility index (Phi) is 4.30. The van der Waals surface area contributed by atoms with E-state index in [-0.39, 0.29) is 12.1 Å². The van der Waals surface area contributed by atoms with E-state index in [1.165, 1.54) is 4.57 Å². The van der Waals surface area contributed by atoms with Crippen LogP contribution >= 0.6 is 0 Å². The number of ether oxygens (including phenoxy) is 1. The van der Waals surface area contributed by atoms with Crippen LogP contribution in [0.5, 0.6) is 5.75 Å². The first kappa shape index (κ1) is 15.8. The highest BCUT2D eigenvalue weighted by Gasteiger charge is 2.16. The minimum atomic E-state index is -1.22. The molecule has 0 bridgehead atoms. The van der Waals surface area contributed by atoms with E-state index in [2.05, 4.69) is 4.98 Å². The third-order valence-corrected chi connectivity index (χ3v) is 3.66. The molecule has 0 aromatic carbocycles. The van der Waals surface area contributed by atoms with Crippen LogP contribution in [0.2, 0.25) is 0 Å². The largest absolute Gasteiger partial charge is 0.496 e. The summed E-state index contributed by atoms with van der Waals surface area (Å²) in [5.74, 6) is -0.494. The molecule has 0 atom stereocenters. The molecule has 2 rings (SSSR count). The average molecular weight is 302 g/mol. The zero-order valence-corrected chi connectivity index (χ0v) is 13.0. The molecule has 0 saturated heterocycles. The van der Waals surface area contributed by atoms with E-state index in [4.69, 9.17) is 9.84 Å². The molecule has 0 unspecified atom stereocenters. The summed E-state index contributed by atoms with van der Waals surface area (Å²) in [6.07, 6.45) is 3.26. The highest BCUT2D eigenvalue weighted by atomic mass is 16.5. The highest BCUT2D eigenvalue weighted by molar-refractivity contribution is 5.88. The van der Waals surface area contributed by atoms with E-state index >= 15 is 0 Å². The summed E-state index contributed by atoms with van der Waals surface area (Å²) < 4.78 is 6.69. The number of aromatic nitrogens is 2. The molecule has 0 spiro atoms. The van der Waals surface area contributed by atoms with Crippen molar-refractivity contribution in [2.24, 2.45) is 0 Å². The number of aryl methyl sites for hydroxylation is 2. The molecule has 0 radical (unpaired) electrons. The lowest BCUT2D eigenvalue weighted by molar-refractivity contribution is 0.0693. The molecular formula is C16H18N2O4. The van der Waals surface area contributed by atoms with Gasteiger partial charge in [-0.2, -0.15) is 0 Å². The Labute approximate surface area is 128 Å². The fourth-order valence-corrected chi connectivity index (χ4v) is 2.44. The predicted molar refractivity (Wildman–Crippen MR) is 81.8 cm³/mol. The van der Waals surface area contributed by atoms with Gasteiger partial charge in [-0.05, 0) is 32.4 Å². The van der Waals surface area contributed by atoms with Gasteiger partial charge in [0.1, 0.15) is 11.3 Å². The summed E-state index contributed by atoms with van der Waals surface area (Å²) in [6.45, 7) is 5.56. The molecular weight excluding hydrogens is 284 g/mol. The van der Waals surface area contributed by atoms with Crippen LogP contribution in [-0.2, 0) is 6.54 Å². The van der Waals surface area contributed by atoms with Crippen molar-refractivity contribution in [3.8, 4) is 5.75 Å². The van der Waals surface area contributed by atoms with Crippen LogP contribution in [0.3, 0.4) is 0 Å². The van der Waals surface area contributed by atoms with Crippen molar-refractivity contribution in [1.29, 1.82) is 0 Å². The van der Waals surface area contributed by atoms with Gasteiger partial charge in [0.05, 0.1) is 19.3 Å². The van der Waals surface area contributed by atoms with Crippen molar-refractivity contribution < 1.29 is 14.6 Å². The molecule has 0 fully saturated rings. The molecule has 0 aliphatic heterocycles. The number of rotatable bonds is 4. The van der Waals surface area contributed by atoms with Crippen LogP contribution in [0.25, 0.3) is 0 Å². The van der Waals surface area contributed by atoms with Gasteiger partial charge in [0.25, 0.3) is 5.56 Å². The molecule has 22 heavy (non-hydrogen) atoms. The summed E-state index contributed by atoms with van der Waals surface area (Å²) in [5, 5.41) is 9.16. The maximum atomic E-state index is 12.3. The molecule has 0 saturated carbocycles. The van der Waals surface area contributed by atoms with Gasteiger partial charge < -0.3 is 14.4 Å². The van der Waals surface area contributed by atoms with Crippen LogP contribution < -0.4 is 10.3 Å². The summed E-state index contributed by atoms with van der Waals surface area (Å²) in [6, 6.07) is 1.62. The monoisotopic (exact) mass is 302 g/mol. The SMILES string of the molecule is COc1c(C)cnc(Cn2ccc(C)c(C(=O)O)c2=O)c1C. The second-order valence-corrected chi connectivity index (χ2v) is 5.16.